The third kappa shape index (κ3) is 3.68. The molecular formula is C20H35N3O2. The van der Waals surface area contributed by atoms with Gasteiger partial charge < -0.3 is 19.9 Å². The molecule has 5 heteroatoms. The summed E-state index contributed by atoms with van der Waals surface area (Å²) in [5, 5.41) is 3.70. The number of hydrogen-bond donors (Lipinski definition) is 1. The maximum atomic E-state index is 12.1. The molecule has 25 heavy (non-hydrogen) atoms. The van der Waals surface area contributed by atoms with Crippen LogP contribution in [0.2, 0.25) is 0 Å². The largest absolute Gasteiger partial charge is 0.449 e. The van der Waals surface area contributed by atoms with Crippen molar-refractivity contribution in [2.45, 2.75) is 70.4 Å². The molecule has 1 saturated carbocycles. The van der Waals surface area contributed by atoms with Gasteiger partial charge in [-0.3, -0.25) is 0 Å². The molecule has 1 atom stereocenters. The Kier molecular flexibility index (Phi) is 5.23. The van der Waals surface area contributed by atoms with E-state index >= 15 is 0 Å². The summed E-state index contributed by atoms with van der Waals surface area (Å²) in [5.74, 6) is 0.906. The van der Waals surface area contributed by atoms with Crippen LogP contribution in [0.4, 0.5) is 4.79 Å². The fraction of sp³-hybridized carbons (Fsp3) is 0.950. The third-order valence-corrected chi connectivity index (χ3v) is 7.22. The number of nitrogens with one attached hydrogen (secondary N) is 1. The zero-order valence-corrected chi connectivity index (χ0v) is 15.8. The minimum atomic E-state index is -0.0907. The summed E-state index contributed by atoms with van der Waals surface area (Å²) in [6.45, 7) is 8.21. The first-order chi connectivity index (χ1) is 12.2. The van der Waals surface area contributed by atoms with Gasteiger partial charge in [0.05, 0.1) is 6.61 Å². The first-order valence-corrected chi connectivity index (χ1v) is 10.6. The highest BCUT2D eigenvalue weighted by Crippen LogP contribution is 2.50. The summed E-state index contributed by atoms with van der Waals surface area (Å²) in [4.78, 5) is 16.8. The Morgan fingerprint density at radius 2 is 2.00 bits per heavy atom. The molecule has 3 saturated heterocycles. The second-order valence-electron chi connectivity index (χ2n) is 8.92. The summed E-state index contributed by atoms with van der Waals surface area (Å²) in [6.07, 6.45) is 10.1. The molecule has 4 rings (SSSR count). The van der Waals surface area contributed by atoms with Crippen molar-refractivity contribution in [3.8, 4) is 0 Å². The fourth-order valence-electron chi connectivity index (χ4n) is 5.70. The maximum absolute atomic E-state index is 12.1. The molecule has 1 N–H and O–H groups in total. The van der Waals surface area contributed by atoms with Gasteiger partial charge in [0.2, 0.25) is 0 Å². The standard InChI is InChI=1S/C20H35N3O2/c1-2-12-25-19(24)23-11-7-20(15-23)13-17(14-20)22-9-5-16(6-10-22)18-4-3-8-21-18/h16-18,21H,2-15H2,1H3. The Morgan fingerprint density at radius 3 is 2.68 bits per heavy atom. The molecular weight excluding hydrogens is 314 g/mol. The minimum Gasteiger partial charge on any atom is -0.449 e. The second kappa shape index (κ2) is 7.43. The van der Waals surface area contributed by atoms with E-state index in [1.165, 1.54) is 64.6 Å². The molecule has 5 nitrogen and oxygen atoms in total. The normalized spacial score (nSPS) is 36.8. The van der Waals surface area contributed by atoms with Crippen molar-refractivity contribution in [3.05, 3.63) is 0 Å². The summed E-state index contributed by atoms with van der Waals surface area (Å²) in [5.41, 5.74) is 0.403. The second-order valence-corrected chi connectivity index (χ2v) is 8.92. The number of rotatable bonds is 4. The van der Waals surface area contributed by atoms with Crippen LogP contribution in [0.3, 0.4) is 0 Å². The topological polar surface area (TPSA) is 44.8 Å². The van der Waals surface area contributed by atoms with E-state index in [2.05, 4.69) is 10.2 Å². The lowest BCUT2D eigenvalue weighted by Gasteiger charge is -2.52. The monoisotopic (exact) mass is 349 g/mol. The highest BCUT2D eigenvalue weighted by molar-refractivity contribution is 5.68. The van der Waals surface area contributed by atoms with Crippen LogP contribution in [0.5, 0.6) is 0 Å². The van der Waals surface area contributed by atoms with Gasteiger partial charge in [-0.05, 0) is 82.3 Å². The van der Waals surface area contributed by atoms with E-state index in [0.717, 1.165) is 37.5 Å². The van der Waals surface area contributed by atoms with Crippen molar-refractivity contribution >= 4 is 6.09 Å². The molecule has 3 heterocycles. The smallest absolute Gasteiger partial charge is 0.409 e. The van der Waals surface area contributed by atoms with Crippen molar-refractivity contribution in [2.75, 3.05) is 39.3 Å². The van der Waals surface area contributed by atoms with Crippen molar-refractivity contribution in [3.63, 3.8) is 0 Å². The Hall–Kier alpha value is -0.810. The van der Waals surface area contributed by atoms with E-state index in [1.54, 1.807) is 0 Å². The highest BCUT2D eigenvalue weighted by atomic mass is 16.6. The fourth-order valence-corrected chi connectivity index (χ4v) is 5.70. The van der Waals surface area contributed by atoms with Crippen molar-refractivity contribution in [2.24, 2.45) is 11.3 Å². The van der Waals surface area contributed by atoms with Crippen LogP contribution in [-0.4, -0.2) is 67.3 Å². The molecule has 0 bridgehead atoms. The van der Waals surface area contributed by atoms with Crippen LogP contribution >= 0.6 is 0 Å². The van der Waals surface area contributed by atoms with Gasteiger partial charge in [0.1, 0.15) is 0 Å². The molecule has 0 aromatic rings. The molecule has 1 unspecified atom stereocenters. The van der Waals surface area contributed by atoms with E-state index in [1.807, 2.05) is 11.8 Å². The number of carbonyl (C=O) groups excluding carboxylic acids is 1. The molecule has 1 spiro atoms. The Bertz CT molecular complexity index is 464. The lowest BCUT2D eigenvalue weighted by molar-refractivity contribution is -0.0116. The van der Waals surface area contributed by atoms with E-state index in [9.17, 15) is 4.79 Å². The lowest BCUT2D eigenvalue weighted by atomic mass is 9.64. The average Bonchev–Trinajstić information content (AvgIpc) is 3.28. The molecule has 0 aromatic heterocycles. The molecule has 4 fully saturated rings. The van der Waals surface area contributed by atoms with Gasteiger partial charge >= 0.3 is 6.09 Å². The molecule has 0 aromatic carbocycles. The van der Waals surface area contributed by atoms with Crippen LogP contribution in [-0.2, 0) is 4.74 Å². The Balaban J connectivity index is 1.20. The van der Waals surface area contributed by atoms with Gasteiger partial charge in [-0.25, -0.2) is 4.79 Å². The zero-order valence-electron chi connectivity index (χ0n) is 15.8. The summed E-state index contributed by atoms with van der Waals surface area (Å²) in [7, 11) is 0. The Morgan fingerprint density at radius 1 is 1.20 bits per heavy atom. The van der Waals surface area contributed by atoms with Gasteiger partial charge in [0.15, 0.2) is 0 Å². The molecule has 142 valence electrons. The van der Waals surface area contributed by atoms with Crippen molar-refractivity contribution in [1.29, 1.82) is 0 Å². The molecule has 0 radical (unpaired) electrons. The first kappa shape index (κ1) is 17.6. The van der Waals surface area contributed by atoms with E-state index in [4.69, 9.17) is 4.74 Å². The number of piperidine rings is 1. The van der Waals surface area contributed by atoms with Gasteiger partial charge in [-0.2, -0.15) is 0 Å². The summed E-state index contributed by atoms with van der Waals surface area (Å²) < 4.78 is 5.31. The molecule has 1 amide bonds. The summed E-state index contributed by atoms with van der Waals surface area (Å²) in [6, 6.07) is 1.57. The number of carbonyl (C=O) groups is 1. The van der Waals surface area contributed by atoms with Crippen LogP contribution in [0.1, 0.15) is 58.3 Å². The lowest BCUT2D eigenvalue weighted by Crippen LogP contribution is -2.55. The maximum Gasteiger partial charge on any atom is 0.409 e. The molecule has 3 aliphatic heterocycles. The van der Waals surface area contributed by atoms with Crippen molar-refractivity contribution in [1.82, 2.24) is 15.1 Å². The van der Waals surface area contributed by atoms with E-state index in [0.29, 0.717) is 12.0 Å². The Labute approximate surface area is 152 Å². The summed E-state index contributed by atoms with van der Waals surface area (Å²) >= 11 is 0. The van der Waals surface area contributed by atoms with Gasteiger partial charge in [-0.1, -0.05) is 6.92 Å². The number of hydrogen-bond acceptors (Lipinski definition) is 4. The average molecular weight is 350 g/mol. The van der Waals surface area contributed by atoms with Gasteiger partial charge in [0, 0.05) is 25.2 Å². The van der Waals surface area contributed by atoms with Crippen molar-refractivity contribution < 1.29 is 9.53 Å². The molecule has 4 aliphatic rings. The van der Waals surface area contributed by atoms with Crippen LogP contribution in [0, 0.1) is 11.3 Å². The van der Waals surface area contributed by atoms with Gasteiger partial charge in [-0.15, -0.1) is 0 Å². The predicted molar refractivity (Wildman–Crippen MR) is 98.6 cm³/mol. The zero-order chi connectivity index (χ0) is 17.3. The quantitative estimate of drug-likeness (QED) is 0.848. The highest BCUT2D eigenvalue weighted by Gasteiger charge is 2.51. The predicted octanol–water partition coefficient (Wildman–Crippen LogP) is 2.85. The number of amides is 1. The number of ether oxygens (including phenoxy) is 1. The number of nitrogens with zero attached hydrogens (tertiary/aromatic N) is 2. The third-order valence-electron chi connectivity index (χ3n) is 7.22. The first-order valence-electron chi connectivity index (χ1n) is 10.6. The number of likely N-dealkylation sites (tertiary alicyclic amines) is 2. The van der Waals surface area contributed by atoms with Crippen LogP contribution in [0.25, 0.3) is 0 Å². The van der Waals surface area contributed by atoms with E-state index < -0.39 is 0 Å². The molecule has 1 aliphatic carbocycles. The SMILES string of the molecule is CCCOC(=O)N1CCC2(CC(N3CCC(C4CCCN4)CC3)C2)C1. The van der Waals surface area contributed by atoms with Gasteiger partial charge in [0.25, 0.3) is 0 Å². The van der Waals surface area contributed by atoms with Crippen LogP contribution < -0.4 is 5.32 Å². The minimum absolute atomic E-state index is 0.0907. The van der Waals surface area contributed by atoms with E-state index in [-0.39, 0.29) is 6.09 Å². The van der Waals surface area contributed by atoms with Crippen LogP contribution in [0.15, 0.2) is 0 Å².